The lowest BCUT2D eigenvalue weighted by atomic mass is 10.1. The fourth-order valence-electron chi connectivity index (χ4n) is 3.05. The lowest BCUT2D eigenvalue weighted by molar-refractivity contribution is -0.888. The second kappa shape index (κ2) is 7.44. The number of sulfone groups is 2. The number of hydrogen-bond acceptors (Lipinski definition) is 6. The molecule has 2 amide bonds. The van der Waals surface area contributed by atoms with Gasteiger partial charge >= 0.3 is 35.4 Å². The molecule has 0 N–H and O–H groups in total. The van der Waals surface area contributed by atoms with Crippen molar-refractivity contribution in [3.8, 4) is 0 Å². The lowest BCUT2D eigenvalue weighted by Crippen LogP contribution is -2.63. The van der Waals surface area contributed by atoms with Crippen molar-refractivity contribution in [1.82, 2.24) is 4.90 Å². The minimum Gasteiger partial charge on any atom is -0.298 e. The van der Waals surface area contributed by atoms with Crippen molar-refractivity contribution in [3.05, 3.63) is 35.4 Å². The van der Waals surface area contributed by atoms with Gasteiger partial charge in [0.15, 0.2) is 0 Å². The minimum atomic E-state index is -6.89. The van der Waals surface area contributed by atoms with Crippen molar-refractivity contribution in [3.63, 3.8) is 0 Å². The molecule has 2 rings (SSSR count). The third-order valence-corrected chi connectivity index (χ3v) is 9.54. The average Bonchev–Trinajstić information content (AvgIpc) is 2.81. The number of hydrogen-bond donors (Lipinski definition) is 0. The quantitative estimate of drug-likeness (QED) is 0.335. The van der Waals surface area contributed by atoms with Gasteiger partial charge < -0.3 is 0 Å². The third kappa shape index (κ3) is 4.15. The Bertz CT molecular complexity index is 1050. The number of alkyl halides is 6. The molecule has 0 aliphatic carbocycles. The standard InChI is InChI=1S/C15H15F6N2O6S2/c1-23(2,8-7-22-11(24)9-5-3-4-6-10(9)12(22)25)13(30(26,27)14(16,17)18)31(28,29)15(19,20)21/h3-6,13H,7-8H2,1-2H3/q+1. The number of nitrogens with zero attached hydrogens (tertiary/aromatic N) is 2. The van der Waals surface area contributed by atoms with Crippen molar-refractivity contribution < 1.29 is 57.3 Å². The Balaban J connectivity index is 2.46. The molecule has 0 aromatic heterocycles. The highest BCUT2D eigenvalue weighted by atomic mass is 32.3. The zero-order valence-corrected chi connectivity index (χ0v) is 17.4. The van der Waals surface area contributed by atoms with E-state index in [0.717, 1.165) is 0 Å². The van der Waals surface area contributed by atoms with Gasteiger partial charge in [0.25, 0.3) is 11.8 Å². The summed E-state index contributed by atoms with van der Waals surface area (Å²) in [4.78, 5) is 25.1. The van der Waals surface area contributed by atoms with Crippen LogP contribution in [0.4, 0.5) is 26.3 Å². The largest absolute Gasteiger partial charge is 0.504 e. The van der Waals surface area contributed by atoms with Crippen LogP contribution < -0.4 is 0 Å². The number of carbonyl (C=O) groups excluding carboxylic acids is 2. The maximum absolute atomic E-state index is 13.0. The van der Waals surface area contributed by atoms with Crippen LogP contribution in [0.15, 0.2) is 24.3 Å². The molecule has 0 unspecified atom stereocenters. The van der Waals surface area contributed by atoms with Crippen LogP contribution >= 0.6 is 0 Å². The van der Waals surface area contributed by atoms with Gasteiger partial charge in [-0.15, -0.1) is 0 Å². The van der Waals surface area contributed by atoms with Gasteiger partial charge in [-0.25, -0.2) is 16.8 Å². The molecule has 1 aromatic rings. The van der Waals surface area contributed by atoms with E-state index < -0.39 is 64.8 Å². The van der Waals surface area contributed by atoms with E-state index in [2.05, 4.69) is 0 Å². The molecule has 1 aliphatic heterocycles. The lowest BCUT2D eigenvalue weighted by Gasteiger charge is -2.37. The van der Waals surface area contributed by atoms with E-state index in [9.17, 15) is 52.8 Å². The monoisotopic (exact) mass is 497 g/mol. The Morgan fingerprint density at radius 3 is 1.52 bits per heavy atom. The first-order valence-electron chi connectivity index (χ1n) is 8.15. The van der Waals surface area contributed by atoms with Crippen LogP contribution in [-0.2, 0) is 19.7 Å². The fourth-order valence-corrected chi connectivity index (χ4v) is 7.21. The van der Waals surface area contributed by atoms with E-state index in [-0.39, 0.29) is 11.1 Å². The van der Waals surface area contributed by atoms with Gasteiger partial charge in [0.2, 0.25) is 0 Å². The molecule has 0 saturated heterocycles. The average molecular weight is 497 g/mol. The zero-order chi connectivity index (χ0) is 24.2. The van der Waals surface area contributed by atoms with E-state index >= 15 is 0 Å². The highest BCUT2D eigenvalue weighted by Crippen LogP contribution is 2.39. The van der Waals surface area contributed by atoms with Crippen LogP contribution in [0.25, 0.3) is 0 Å². The Morgan fingerprint density at radius 1 is 0.839 bits per heavy atom. The number of carbonyl (C=O) groups is 2. The van der Waals surface area contributed by atoms with Crippen molar-refractivity contribution >= 4 is 31.5 Å². The van der Waals surface area contributed by atoms with Gasteiger partial charge in [-0.1, -0.05) is 12.1 Å². The topological polar surface area (TPSA) is 106 Å². The Labute approximate surface area is 172 Å². The summed E-state index contributed by atoms with van der Waals surface area (Å²) >= 11 is 0. The number of halogens is 6. The first kappa shape index (κ1) is 25.1. The van der Waals surface area contributed by atoms with E-state index in [0.29, 0.717) is 19.0 Å². The highest BCUT2D eigenvalue weighted by Gasteiger charge is 2.69. The Morgan fingerprint density at radius 2 is 1.19 bits per heavy atom. The smallest absolute Gasteiger partial charge is 0.298 e. The summed E-state index contributed by atoms with van der Waals surface area (Å²) in [6.07, 6.45) is 0. The van der Waals surface area contributed by atoms with E-state index in [1.165, 1.54) is 24.3 Å². The number of benzene rings is 1. The number of quaternary nitrogens is 1. The number of imide groups is 1. The van der Waals surface area contributed by atoms with Gasteiger partial charge in [-0.2, -0.15) is 26.3 Å². The van der Waals surface area contributed by atoms with Gasteiger partial charge in [0.05, 0.1) is 38.3 Å². The second-order valence-corrected chi connectivity index (χ2v) is 11.4. The molecule has 0 atom stereocenters. The minimum absolute atomic E-state index is 0.0693. The SMILES string of the molecule is C[N+](C)(CCN1C(=O)c2ccccc2C1=O)C(S(=O)(=O)C(F)(F)F)S(=O)(=O)C(F)(F)F. The number of fused-ring (bicyclic) bond motifs is 1. The van der Waals surface area contributed by atoms with E-state index in [1.807, 2.05) is 0 Å². The van der Waals surface area contributed by atoms with Crippen molar-refractivity contribution in [2.24, 2.45) is 0 Å². The number of amides is 2. The van der Waals surface area contributed by atoms with Crippen molar-refractivity contribution in [2.45, 2.75) is 15.7 Å². The van der Waals surface area contributed by atoms with Crippen molar-refractivity contribution in [2.75, 3.05) is 27.2 Å². The predicted octanol–water partition coefficient (Wildman–Crippen LogP) is 1.51. The molecule has 1 aromatic carbocycles. The fraction of sp³-hybridized carbons (Fsp3) is 0.467. The molecule has 0 fully saturated rings. The van der Waals surface area contributed by atoms with Crippen LogP contribution in [0, 0.1) is 0 Å². The summed E-state index contributed by atoms with van der Waals surface area (Å²) in [6.45, 7) is -1.88. The molecule has 0 spiro atoms. The maximum Gasteiger partial charge on any atom is 0.504 e. The molecular formula is C15H15F6N2O6S2+. The predicted molar refractivity (Wildman–Crippen MR) is 92.5 cm³/mol. The van der Waals surface area contributed by atoms with Crippen LogP contribution in [0.3, 0.4) is 0 Å². The first-order valence-corrected chi connectivity index (χ1v) is 11.2. The normalized spacial score (nSPS) is 16.2. The summed E-state index contributed by atoms with van der Waals surface area (Å²) < 4.78 is 120. The van der Waals surface area contributed by atoms with Crippen LogP contribution in [0.5, 0.6) is 0 Å². The molecule has 174 valence electrons. The van der Waals surface area contributed by atoms with Gasteiger partial charge in [0, 0.05) is 0 Å². The molecule has 0 radical (unpaired) electrons. The molecule has 0 bridgehead atoms. The Hall–Kier alpha value is -2.20. The molecule has 16 heteroatoms. The maximum atomic E-state index is 13.0. The van der Waals surface area contributed by atoms with Gasteiger partial charge in [-0.3, -0.25) is 19.0 Å². The van der Waals surface area contributed by atoms with Crippen molar-refractivity contribution in [1.29, 1.82) is 0 Å². The molecule has 0 saturated carbocycles. The third-order valence-electron chi connectivity index (χ3n) is 4.52. The van der Waals surface area contributed by atoms with Crippen LogP contribution in [0.2, 0.25) is 0 Å². The molecule has 31 heavy (non-hydrogen) atoms. The summed E-state index contributed by atoms with van der Waals surface area (Å²) in [6, 6.07) is 5.35. The van der Waals surface area contributed by atoms with Gasteiger partial charge in [0.1, 0.15) is 0 Å². The molecule has 1 heterocycles. The van der Waals surface area contributed by atoms with Gasteiger partial charge in [-0.05, 0) is 12.1 Å². The summed E-state index contributed by atoms with van der Waals surface area (Å²) in [7, 11) is -12.8. The first-order chi connectivity index (χ1) is 13.8. The molecule has 8 nitrogen and oxygen atoms in total. The number of likely N-dealkylation sites (N-methyl/N-ethyl adjacent to an activating group) is 1. The molecule has 1 aliphatic rings. The van der Waals surface area contributed by atoms with E-state index in [1.54, 1.807) is 0 Å². The summed E-state index contributed by atoms with van der Waals surface area (Å²) in [5.41, 5.74) is -12.8. The summed E-state index contributed by atoms with van der Waals surface area (Å²) in [5.74, 6) is -1.82. The zero-order valence-electron chi connectivity index (χ0n) is 15.7. The highest BCUT2D eigenvalue weighted by molar-refractivity contribution is 8.09. The number of rotatable bonds is 6. The Kier molecular flexibility index (Phi) is 6.02. The molecular weight excluding hydrogens is 482 g/mol. The van der Waals surface area contributed by atoms with Crippen LogP contribution in [-0.4, -0.2) is 80.9 Å². The van der Waals surface area contributed by atoms with Crippen LogP contribution in [0.1, 0.15) is 20.7 Å². The second-order valence-electron chi connectivity index (χ2n) is 7.10. The van der Waals surface area contributed by atoms with E-state index in [4.69, 9.17) is 0 Å². The summed E-state index contributed by atoms with van der Waals surface area (Å²) in [5, 5.41) is 0.